The molecule has 0 aromatic heterocycles. The Hall–Kier alpha value is -2.00. The van der Waals surface area contributed by atoms with Crippen molar-refractivity contribution < 1.29 is 9.53 Å². The van der Waals surface area contributed by atoms with Gasteiger partial charge >= 0.3 is 0 Å². The Bertz CT molecular complexity index is 882. The summed E-state index contributed by atoms with van der Waals surface area (Å²) in [5.74, 6) is 0.0833. The number of nitriles is 1. The summed E-state index contributed by atoms with van der Waals surface area (Å²) in [5.41, 5.74) is 1.46. The summed E-state index contributed by atoms with van der Waals surface area (Å²) in [7, 11) is 3.17. The fourth-order valence-corrected chi connectivity index (χ4v) is 3.29. The summed E-state index contributed by atoms with van der Waals surface area (Å²) in [6.45, 7) is 0.260. The number of rotatable bonds is 5. The lowest BCUT2D eigenvalue weighted by Crippen LogP contribution is -2.22. The Labute approximate surface area is 170 Å². The van der Waals surface area contributed by atoms with Crippen molar-refractivity contribution in [2.75, 3.05) is 14.1 Å². The van der Waals surface area contributed by atoms with Crippen LogP contribution in [-0.4, -0.2) is 24.9 Å². The van der Waals surface area contributed by atoms with Crippen LogP contribution in [0, 0.1) is 11.3 Å². The van der Waals surface area contributed by atoms with E-state index >= 15 is 0 Å². The standard InChI is InChI=1S/C19H15BrCl2N2O2/c1-24(2)19(25)14(10-23)7-12-8-15(20)18(17(22)9-12)26-11-13-5-3-4-6-16(13)21/h3-9H,11H2,1-2H3/b14-7-. The van der Waals surface area contributed by atoms with Crippen LogP contribution in [0.25, 0.3) is 6.08 Å². The smallest absolute Gasteiger partial charge is 0.264 e. The second-order valence-electron chi connectivity index (χ2n) is 5.56. The molecule has 7 heteroatoms. The topological polar surface area (TPSA) is 53.3 Å². The van der Waals surface area contributed by atoms with E-state index in [2.05, 4.69) is 15.9 Å². The monoisotopic (exact) mass is 452 g/mol. The number of hydrogen-bond donors (Lipinski definition) is 0. The van der Waals surface area contributed by atoms with Crippen LogP contribution in [0.5, 0.6) is 5.75 Å². The fourth-order valence-electron chi connectivity index (χ4n) is 2.12. The minimum absolute atomic E-state index is 0.0164. The lowest BCUT2D eigenvalue weighted by atomic mass is 10.1. The van der Waals surface area contributed by atoms with E-state index in [1.54, 1.807) is 32.3 Å². The highest BCUT2D eigenvalue weighted by atomic mass is 79.9. The molecule has 0 saturated carbocycles. The van der Waals surface area contributed by atoms with Crippen molar-refractivity contribution in [2.45, 2.75) is 6.61 Å². The zero-order chi connectivity index (χ0) is 19.3. The maximum absolute atomic E-state index is 12.0. The molecule has 2 rings (SSSR count). The van der Waals surface area contributed by atoms with Crippen molar-refractivity contribution in [3.05, 3.63) is 67.6 Å². The number of carbonyl (C=O) groups is 1. The zero-order valence-electron chi connectivity index (χ0n) is 14.1. The zero-order valence-corrected chi connectivity index (χ0v) is 17.2. The Morgan fingerprint density at radius 1 is 1.27 bits per heavy atom. The molecule has 0 bridgehead atoms. The minimum atomic E-state index is -0.376. The fraction of sp³-hybridized carbons (Fsp3) is 0.158. The predicted octanol–water partition coefficient (Wildman–Crippen LogP) is 5.33. The highest BCUT2D eigenvalue weighted by molar-refractivity contribution is 9.10. The van der Waals surface area contributed by atoms with E-state index in [4.69, 9.17) is 27.9 Å². The molecule has 0 aliphatic carbocycles. The van der Waals surface area contributed by atoms with E-state index < -0.39 is 0 Å². The van der Waals surface area contributed by atoms with Gasteiger partial charge in [0.25, 0.3) is 5.91 Å². The van der Waals surface area contributed by atoms with Crippen LogP contribution in [0.2, 0.25) is 10.0 Å². The number of nitrogens with zero attached hydrogens (tertiary/aromatic N) is 2. The summed E-state index contributed by atoms with van der Waals surface area (Å²) >= 11 is 15.9. The number of carbonyl (C=O) groups excluding carboxylic acids is 1. The lowest BCUT2D eigenvalue weighted by molar-refractivity contribution is -0.124. The highest BCUT2D eigenvalue weighted by Gasteiger charge is 2.14. The summed E-state index contributed by atoms with van der Waals surface area (Å²) in [6, 6.07) is 12.6. The largest absolute Gasteiger partial charge is 0.486 e. The molecule has 0 saturated heterocycles. The number of ether oxygens (including phenoxy) is 1. The molecule has 0 fully saturated rings. The maximum Gasteiger partial charge on any atom is 0.264 e. The van der Waals surface area contributed by atoms with Gasteiger partial charge in [-0.1, -0.05) is 41.4 Å². The molecular weight excluding hydrogens is 439 g/mol. The van der Waals surface area contributed by atoms with Crippen molar-refractivity contribution >= 4 is 51.1 Å². The van der Waals surface area contributed by atoms with Gasteiger partial charge in [-0.05, 0) is 45.8 Å². The van der Waals surface area contributed by atoms with E-state index in [-0.39, 0.29) is 18.1 Å². The van der Waals surface area contributed by atoms with E-state index in [1.165, 1.54) is 11.0 Å². The van der Waals surface area contributed by atoms with E-state index in [1.807, 2.05) is 24.3 Å². The van der Waals surface area contributed by atoms with Crippen molar-refractivity contribution in [2.24, 2.45) is 0 Å². The van der Waals surface area contributed by atoms with Gasteiger partial charge in [0.15, 0.2) is 5.75 Å². The van der Waals surface area contributed by atoms with Crippen molar-refractivity contribution in [1.82, 2.24) is 4.90 Å². The molecule has 4 nitrogen and oxygen atoms in total. The van der Waals surface area contributed by atoms with Gasteiger partial charge in [-0.2, -0.15) is 5.26 Å². The Morgan fingerprint density at radius 3 is 2.54 bits per heavy atom. The first kappa shape index (κ1) is 20.3. The number of hydrogen-bond acceptors (Lipinski definition) is 3. The van der Waals surface area contributed by atoms with Crippen LogP contribution in [-0.2, 0) is 11.4 Å². The van der Waals surface area contributed by atoms with Crippen LogP contribution < -0.4 is 4.74 Å². The molecule has 0 aliphatic heterocycles. The summed E-state index contributed by atoms with van der Waals surface area (Å²) in [6.07, 6.45) is 1.48. The second-order valence-corrected chi connectivity index (χ2v) is 7.23. The molecule has 0 atom stereocenters. The Morgan fingerprint density at radius 2 is 1.96 bits per heavy atom. The molecule has 0 radical (unpaired) electrons. The number of halogens is 3. The average Bonchev–Trinajstić information content (AvgIpc) is 2.59. The Kier molecular flexibility index (Phi) is 7.10. The van der Waals surface area contributed by atoms with Gasteiger partial charge in [-0.15, -0.1) is 0 Å². The molecule has 0 N–H and O–H groups in total. The molecule has 134 valence electrons. The van der Waals surface area contributed by atoms with Crippen LogP contribution in [0.3, 0.4) is 0 Å². The molecule has 0 heterocycles. The van der Waals surface area contributed by atoms with Gasteiger partial charge < -0.3 is 9.64 Å². The van der Waals surface area contributed by atoms with Crippen molar-refractivity contribution in [1.29, 1.82) is 5.26 Å². The maximum atomic E-state index is 12.0. The highest BCUT2D eigenvalue weighted by Crippen LogP contribution is 2.36. The van der Waals surface area contributed by atoms with Crippen LogP contribution >= 0.6 is 39.1 Å². The first-order valence-electron chi connectivity index (χ1n) is 7.52. The van der Waals surface area contributed by atoms with Gasteiger partial charge in [0, 0.05) is 24.7 Å². The van der Waals surface area contributed by atoms with Gasteiger partial charge in [0.05, 0.1) is 9.50 Å². The number of benzene rings is 2. The average molecular weight is 454 g/mol. The summed E-state index contributed by atoms with van der Waals surface area (Å²) in [5, 5.41) is 10.2. The van der Waals surface area contributed by atoms with Gasteiger partial charge in [-0.3, -0.25) is 4.79 Å². The van der Waals surface area contributed by atoms with Gasteiger partial charge in [-0.25, -0.2) is 0 Å². The van der Waals surface area contributed by atoms with Crippen molar-refractivity contribution in [3.8, 4) is 11.8 Å². The summed E-state index contributed by atoms with van der Waals surface area (Å²) in [4.78, 5) is 13.3. The molecule has 26 heavy (non-hydrogen) atoms. The second kappa shape index (κ2) is 9.09. The molecule has 0 unspecified atom stereocenters. The van der Waals surface area contributed by atoms with Crippen molar-refractivity contribution in [3.63, 3.8) is 0 Å². The Balaban J connectivity index is 2.27. The van der Waals surface area contributed by atoms with E-state index in [9.17, 15) is 10.1 Å². The third kappa shape index (κ3) is 5.01. The molecule has 0 aliphatic rings. The molecule has 2 aromatic rings. The minimum Gasteiger partial charge on any atom is -0.486 e. The van der Waals surface area contributed by atoms with Crippen LogP contribution in [0.1, 0.15) is 11.1 Å². The van der Waals surface area contributed by atoms with Crippen LogP contribution in [0.4, 0.5) is 0 Å². The third-order valence-corrected chi connectivity index (χ3v) is 4.66. The normalized spacial score (nSPS) is 11.0. The van der Waals surface area contributed by atoms with Gasteiger partial charge in [0.2, 0.25) is 0 Å². The number of likely N-dealkylation sites (N-methyl/N-ethyl adjacent to an activating group) is 1. The van der Waals surface area contributed by atoms with Gasteiger partial charge in [0.1, 0.15) is 18.2 Å². The first-order chi connectivity index (χ1) is 12.3. The third-order valence-electron chi connectivity index (χ3n) is 3.42. The first-order valence-corrected chi connectivity index (χ1v) is 9.07. The van der Waals surface area contributed by atoms with Crippen LogP contribution in [0.15, 0.2) is 46.4 Å². The van der Waals surface area contributed by atoms with E-state index in [0.29, 0.717) is 25.8 Å². The lowest BCUT2D eigenvalue weighted by Gasteiger charge is -2.12. The number of amides is 1. The molecule has 1 amide bonds. The SMILES string of the molecule is CN(C)C(=O)/C(C#N)=C\c1cc(Cl)c(OCc2ccccc2Cl)c(Br)c1. The molecular formula is C19H15BrCl2N2O2. The molecule has 0 spiro atoms. The molecule has 2 aromatic carbocycles. The van der Waals surface area contributed by atoms with E-state index in [0.717, 1.165) is 5.56 Å². The summed E-state index contributed by atoms with van der Waals surface area (Å²) < 4.78 is 6.39. The predicted molar refractivity (Wildman–Crippen MR) is 107 cm³/mol. The quantitative estimate of drug-likeness (QED) is 0.454.